The first kappa shape index (κ1) is 24.8. The molecule has 0 aliphatic heterocycles. The van der Waals surface area contributed by atoms with E-state index in [1.807, 2.05) is 54.6 Å². The molecule has 0 radical (unpaired) electrons. The monoisotopic (exact) mass is 491 g/mol. The Hall–Kier alpha value is -3.89. The van der Waals surface area contributed by atoms with Crippen LogP contribution in [-0.2, 0) is 28.0 Å². The Labute approximate surface area is 218 Å². The summed E-state index contributed by atoms with van der Waals surface area (Å²) in [6.07, 6.45) is 13.5. The molecule has 4 nitrogen and oxygen atoms in total. The number of fused-ring (bicyclic) bond motifs is 1. The number of aliphatic carboxylic acids is 1. The zero-order chi connectivity index (χ0) is 25.7. The van der Waals surface area contributed by atoms with E-state index in [0.717, 1.165) is 47.0 Å². The van der Waals surface area contributed by atoms with Gasteiger partial charge in [0.25, 0.3) is 0 Å². The first-order valence-corrected chi connectivity index (χ1v) is 13.1. The highest BCUT2D eigenvalue weighted by Gasteiger charge is 2.39. The maximum atomic E-state index is 12.5. The molecule has 188 valence electrons. The van der Waals surface area contributed by atoms with E-state index < -0.39 is 17.7 Å². The van der Waals surface area contributed by atoms with Gasteiger partial charge in [0.1, 0.15) is 5.60 Å². The van der Waals surface area contributed by atoms with Crippen LogP contribution in [0.3, 0.4) is 0 Å². The lowest BCUT2D eigenvalue weighted by Gasteiger charge is -2.36. The van der Waals surface area contributed by atoms with Gasteiger partial charge in [-0.05, 0) is 53.3 Å². The van der Waals surface area contributed by atoms with Crippen LogP contribution in [0.1, 0.15) is 48.4 Å². The third-order valence-electron chi connectivity index (χ3n) is 7.19. The molecular weight excluding hydrogens is 458 g/mol. The van der Waals surface area contributed by atoms with Gasteiger partial charge in [-0.25, -0.2) is 4.79 Å². The molecule has 1 unspecified atom stereocenters. The van der Waals surface area contributed by atoms with Crippen LogP contribution in [0.4, 0.5) is 0 Å². The van der Waals surface area contributed by atoms with Crippen molar-refractivity contribution in [2.24, 2.45) is 0 Å². The molecule has 0 bridgehead atoms. The van der Waals surface area contributed by atoms with Crippen LogP contribution in [0.2, 0.25) is 0 Å². The Balaban J connectivity index is 1.59. The number of hydrogen-bond acceptors (Lipinski definition) is 2. The number of ether oxygens (including phenoxy) is 1. The van der Waals surface area contributed by atoms with Crippen molar-refractivity contribution in [3.63, 3.8) is 0 Å². The molecule has 37 heavy (non-hydrogen) atoms. The molecule has 0 fully saturated rings. The number of carboxylic acid groups (broad SMARTS) is 1. The van der Waals surface area contributed by atoms with Crippen LogP contribution < -0.4 is 0 Å². The van der Waals surface area contributed by atoms with Gasteiger partial charge in [-0.15, -0.1) is 0 Å². The predicted molar refractivity (Wildman–Crippen MR) is 149 cm³/mol. The van der Waals surface area contributed by atoms with Gasteiger partial charge in [-0.1, -0.05) is 92.2 Å². The normalized spacial score (nSPS) is 18.0. The molecule has 2 atom stereocenters. The molecule has 0 amide bonds. The summed E-state index contributed by atoms with van der Waals surface area (Å²) >= 11 is 0. The van der Waals surface area contributed by atoms with Crippen LogP contribution in [0.25, 0.3) is 11.1 Å². The summed E-state index contributed by atoms with van der Waals surface area (Å²) in [5.74, 6) is -0.951. The fourth-order valence-corrected chi connectivity index (χ4v) is 5.24. The number of aromatic nitrogens is 1. The summed E-state index contributed by atoms with van der Waals surface area (Å²) in [7, 11) is 0. The van der Waals surface area contributed by atoms with E-state index in [1.165, 1.54) is 5.56 Å². The van der Waals surface area contributed by atoms with E-state index in [-0.39, 0.29) is 0 Å². The minimum atomic E-state index is -0.985. The van der Waals surface area contributed by atoms with Crippen LogP contribution in [0, 0.1) is 0 Å². The van der Waals surface area contributed by atoms with E-state index in [2.05, 4.69) is 66.2 Å². The SMILES string of the molecule is CCCCc1c(C2(O[C@H](Cc3ccccc3)C(=O)O)C=CC(c3ccccc3)=CC2)cn2ccccc12. The van der Waals surface area contributed by atoms with Crippen molar-refractivity contribution < 1.29 is 14.6 Å². The highest BCUT2D eigenvalue weighted by atomic mass is 16.5. The third-order valence-corrected chi connectivity index (χ3v) is 7.19. The number of nitrogens with zero attached hydrogens (tertiary/aromatic N) is 1. The second-order valence-corrected chi connectivity index (χ2v) is 9.70. The van der Waals surface area contributed by atoms with Gasteiger partial charge >= 0.3 is 5.97 Å². The number of carbonyl (C=O) groups is 1. The minimum absolute atomic E-state index is 0.304. The van der Waals surface area contributed by atoms with Gasteiger partial charge < -0.3 is 14.2 Å². The molecule has 2 aromatic carbocycles. The lowest BCUT2D eigenvalue weighted by molar-refractivity contribution is -0.160. The summed E-state index contributed by atoms with van der Waals surface area (Å²) in [5.41, 5.74) is 5.74. The molecule has 2 aromatic heterocycles. The molecule has 4 aromatic rings. The average Bonchev–Trinajstić information content (AvgIpc) is 3.32. The van der Waals surface area contributed by atoms with Crippen molar-refractivity contribution in [3.8, 4) is 0 Å². The van der Waals surface area contributed by atoms with E-state index in [1.54, 1.807) is 0 Å². The molecule has 0 saturated carbocycles. The number of allylic oxidation sites excluding steroid dienone is 2. The molecule has 0 saturated heterocycles. The third kappa shape index (κ3) is 5.30. The van der Waals surface area contributed by atoms with Gasteiger partial charge in [0, 0.05) is 36.3 Å². The Morgan fingerprint density at radius 2 is 1.76 bits per heavy atom. The van der Waals surface area contributed by atoms with Crippen LogP contribution in [-0.4, -0.2) is 21.6 Å². The summed E-state index contributed by atoms with van der Waals surface area (Å²) < 4.78 is 8.86. The molecule has 0 spiro atoms. The van der Waals surface area contributed by atoms with E-state index in [4.69, 9.17) is 4.74 Å². The topological polar surface area (TPSA) is 50.9 Å². The Bertz CT molecular complexity index is 1420. The van der Waals surface area contributed by atoms with E-state index in [0.29, 0.717) is 12.8 Å². The summed E-state index contributed by atoms with van der Waals surface area (Å²) in [4.78, 5) is 12.5. The lowest BCUT2D eigenvalue weighted by atomic mass is 9.82. The average molecular weight is 492 g/mol. The number of benzene rings is 2. The summed E-state index contributed by atoms with van der Waals surface area (Å²) in [5, 5.41) is 10.2. The molecule has 5 rings (SSSR count). The number of unbranched alkanes of at least 4 members (excludes halogenated alkanes) is 1. The van der Waals surface area contributed by atoms with Crippen molar-refractivity contribution in [3.05, 3.63) is 132 Å². The Morgan fingerprint density at radius 1 is 1.03 bits per heavy atom. The maximum Gasteiger partial charge on any atom is 0.333 e. The zero-order valence-corrected chi connectivity index (χ0v) is 21.2. The van der Waals surface area contributed by atoms with Crippen molar-refractivity contribution >= 4 is 17.1 Å². The zero-order valence-electron chi connectivity index (χ0n) is 21.2. The summed E-state index contributed by atoms with van der Waals surface area (Å²) in [6.45, 7) is 2.19. The van der Waals surface area contributed by atoms with E-state index >= 15 is 0 Å². The predicted octanol–water partition coefficient (Wildman–Crippen LogP) is 7.23. The number of carboxylic acids is 1. The fraction of sp³-hybridized carbons (Fsp3) is 0.242. The van der Waals surface area contributed by atoms with Crippen molar-refractivity contribution in [2.45, 2.75) is 50.7 Å². The first-order valence-electron chi connectivity index (χ1n) is 13.1. The fourth-order valence-electron chi connectivity index (χ4n) is 5.24. The second kappa shape index (κ2) is 11.0. The quantitative estimate of drug-likeness (QED) is 0.254. The summed E-state index contributed by atoms with van der Waals surface area (Å²) in [6, 6.07) is 26.2. The van der Waals surface area contributed by atoms with Crippen molar-refractivity contribution in [1.29, 1.82) is 0 Å². The highest BCUT2D eigenvalue weighted by molar-refractivity contribution is 5.77. The van der Waals surface area contributed by atoms with Crippen molar-refractivity contribution in [2.75, 3.05) is 0 Å². The standard InChI is InChI=1S/C33H33NO3/c1-2-3-16-28-29(24-34-22-11-10-17-30(28)34)33(20-18-27(19-21-33)26-14-8-5-9-15-26)37-31(32(35)36)23-25-12-6-4-7-13-25/h4-15,17-20,22,24,31H,2-3,16,21,23H2,1H3,(H,35,36)/t31-,33?/m1/s1. The second-order valence-electron chi connectivity index (χ2n) is 9.70. The molecule has 2 heterocycles. The number of hydrogen-bond donors (Lipinski definition) is 1. The maximum absolute atomic E-state index is 12.5. The number of aryl methyl sites for hydroxylation is 1. The van der Waals surface area contributed by atoms with Crippen LogP contribution in [0.15, 0.2) is 109 Å². The van der Waals surface area contributed by atoms with Crippen molar-refractivity contribution in [1.82, 2.24) is 4.40 Å². The van der Waals surface area contributed by atoms with Gasteiger partial charge in [0.15, 0.2) is 6.10 Å². The Kier molecular flexibility index (Phi) is 7.38. The largest absolute Gasteiger partial charge is 0.479 e. The molecule has 1 aliphatic rings. The molecular formula is C33H33NO3. The molecule has 1 N–H and O–H groups in total. The van der Waals surface area contributed by atoms with Gasteiger partial charge in [-0.2, -0.15) is 0 Å². The van der Waals surface area contributed by atoms with E-state index in [9.17, 15) is 9.90 Å². The number of rotatable bonds is 10. The smallest absolute Gasteiger partial charge is 0.333 e. The van der Waals surface area contributed by atoms with Crippen LogP contribution >= 0.6 is 0 Å². The van der Waals surface area contributed by atoms with Gasteiger partial charge in [0.05, 0.1) is 0 Å². The molecule has 1 aliphatic carbocycles. The minimum Gasteiger partial charge on any atom is -0.479 e. The van der Waals surface area contributed by atoms with Gasteiger partial charge in [0.2, 0.25) is 0 Å². The van der Waals surface area contributed by atoms with Crippen LogP contribution in [0.5, 0.6) is 0 Å². The highest BCUT2D eigenvalue weighted by Crippen LogP contribution is 2.42. The molecule has 4 heteroatoms. The number of pyridine rings is 1. The first-order chi connectivity index (χ1) is 18.1. The van der Waals surface area contributed by atoms with Gasteiger partial charge in [-0.3, -0.25) is 0 Å². The lowest BCUT2D eigenvalue weighted by Crippen LogP contribution is -2.38. The Morgan fingerprint density at radius 3 is 2.43 bits per heavy atom.